The van der Waals surface area contributed by atoms with E-state index in [2.05, 4.69) is 25.3 Å². The number of aromatic nitrogens is 2. The molecule has 134 valence electrons. The van der Waals surface area contributed by atoms with Crippen molar-refractivity contribution < 1.29 is 5.11 Å². The summed E-state index contributed by atoms with van der Waals surface area (Å²) >= 11 is 7.50. The number of benzene rings is 1. The van der Waals surface area contributed by atoms with Crippen molar-refractivity contribution in [3.05, 3.63) is 35.5 Å². The third-order valence-corrected chi connectivity index (χ3v) is 5.15. The molecule has 0 saturated carbocycles. The summed E-state index contributed by atoms with van der Waals surface area (Å²) in [6.45, 7) is 4.38. The van der Waals surface area contributed by atoms with Crippen molar-refractivity contribution in [1.82, 2.24) is 19.9 Å². The number of nitrogen functional groups attached to an aromatic ring is 1. The van der Waals surface area contributed by atoms with Crippen molar-refractivity contribution >= 4 is 35.1 Å². The zero-order valence-corrected chi connectivity index (χ0v) is 15.3. The van der Waals surface area contributed by atoms with E-state index in [1.807, 2.05) is 24.3 Å². The number of piperazine rings is 1. The summed E-state index contributed by atoms with van der Waals surface area (Å²) in [6, 6.07) is 7.63. The molecule has 0 aliphatic carbocycles. The first-order valence-corrected chi connectivity index (χ1v) is 9.24. The predicted octanol–water partition coefficient (Wildman–Crippen LogP) is 1.80. The van der Waals surface area contributed by atoms with Crippen molar-refractivity contribution in [1.29, 1.82) is 0 Å². The third kappa shape index (κ3) is 5.20. The van der Waals surface area contributed by atoms with Gasteiger partial charge in [-0.2, -0.15) is 4.98 Å². The van der Waals surface area contributed by atoms with Crippen LogP contribution in [-0.4, -0.2) is 64.3 Å². The molecule has 1 fully saturated rings. The number of nitrogens with one attached hydrogen (secondary N) is 1. The van der Waals surface area contributed by atoms with Gasteiger partial charge in [0.05, 0.1) is 11.5 Å². The fourth-order valence-corrected chi connectivity index (χ4v) is 3.49. The van der Waals surface area contributed by atoms with Gasteiger partial charge in [-0.05, 0) is 24.3 Å². The summed E-state index contributed by atoms with van der Waals surface area (Å²) in [4.78, 5) is 12.6. The quantitative estimate of drug-likeness (QED) is 0.699. The van der Waals surface area contributed by atoms with Crippen molar-refractivity contribution in [2.24, 2.45) is 0 Å². The lowest BCUT2D eigenvalue weighted by molar-refractivity contribution is 0.127. The minimum Gasteiger partial charge on any atom is -0.395 e. The summed E-state index contributed by atoms with van der Waals surface area (Å²) in [6.07, 6.45) is 1.73. The summed E-state index contributed by atoms with van der Waals surface area (Å²) in [7, 11) is 0. The van der Waals surface area contributed by atoms with Crippen LogP contribution in [0.3, 0.4) is 0 Å². The van der Waals surface area contributed by atoms with Gasteiger partial charge < -0.3 is 16.3 Å². The third-order valence-electron chi connectivity index (χ3n) is 3.87. The number of rotatable bonds is 6. The first-order chi connectivity index (χ1) is 12.1. The average molecular weight is 381 g/mol. The molecular formula is C16H21ClN6OS. The van der Waals surface area contributed by atoms with Gasteiger partial charge in [0.25, 0.3) is 0 Å². The Bertz CT molecular complexity index is 694. The first-order valence-electron chi connectivity index (χ1n) is 8.05. The summed E-state index contributed by atoms with van der Waals surface area (Å²) in [5.74, 6) is 0.935. The number of hydrogen-bond acceptors (Lipinski definition) is 8. The maximum atomic E-state index is 9.03. The molecular weight excluding hydrogens is 360 g/mol. The molecule has 7 nitrogen and oxygen atoms in total. The van der Waals surface area contributed by atoms with Crippen molar-refractivity contribution in [2.75, 3.05) is 50.5 Å². The Hall–Kier alpha value is -1.58. The molecule has 3 rings (SSSR count). The molecule has 0 unspecified atom stereocenters. The number of nitrogens with two attached hydrogens (primary N) is 1. The molecule has 1 aromatic carbocycles. The van der Waals surface area contributed by atoms with Gasteiger partial charge >= 0.3 is 0 Å². The summed E-state index contributed by atoms with van der Waals surface area (Å²) in [5, 5.41) is 11.8. The zero-order chi connectivity index (χ0) is 17.6. The summed E-state index contributed by atoms with van der Waals surface area (Å²) in [5.41, 5.74) is 9.11. The molecule has 9 heteroatoms. The lowest BCUT2D eigenvalue weighted by atomic mass is 10.3. The van der Waals surface area contributed by atoms with Crippen molar-refractivity contribution in [2.45, 2.75) is 9.79 Å². The fourth-order valence-electron chi connectivity index (χ4n) is 2.54. The minimum absolute atomic E-state index is 0.192. The van der Waals surface area contributed by atoms with Crippen LogP contribution in [0.4, 0.5) is 11.8 Å². The second-order valence-electron chi connectivity index (χ2n) is 5.66. The van der Waals surface area contributed by atoms with E-state index in [0.717, 1.165) is 36.0 Å². The van der Waals surface area contributed by atoms with Crippen LogP contribution in [0.1, 0.15) is 0 Å². The van der Waals surface area contributed by atoms with E-state index in [0.29, 0.717) is 17.4 Å². The van der Waals surface area contributed by atoms with Crippen LogP contribution in [0.5, 0.6) is 0 Å². The second kappa shape index (κ2) is 8.68. The van der Waals surface area contributed by atoms with Crippen LogP contribution in [0.25, 0.3) is 0 Å². The predicted molar refractivity (Wildman–Crippen MR) is 101 cm³/mol. The van der Waals surface area contributed by atoms with Crippen LogP contribution >= 0.6 is 23.4 Å². The molecule has 0 bridgehead atoms. The Balaban J connectivity index is 1.68. The molecule has 0 atom stereocenters. The maximum Gasteiger partial charge on any atom is 0.222 e. The van der Waals surface area contributed by atoms with E-state index >= 15 is 0 Å². The number of β-amino-alcohol motifs (C(OH)–C–C–N with tert-alkyl or cyclic N) is 1. The fraction of sp³-hybridized carbons (Fsp3) is 0.375. The van der Waals surface area contributed by atoms with Gasteiger partial charge in [-0.3, -0.25) is 4.90 Å². The molecule has 25 heavy (non-hydrogen) atoms. The number of aliphatic hydroxyl groups is 1. The average Bonchev–Trinajstić information content (AvgIpc) is 2.61. The normalized spacial score (nSPS) is 16.1. The van der Waals surface area contributed by atoms with E-state index in [4.69, 9.17) is 22.4 Å². The van der Waals surface area contributed by atoms with Gasteiger partial charge in [0.15, 0.2) is 5.82 Å². The molecule has 1 aromatic heterocycles. The van der Waals surface area contributed by atoms with Crippen LogP contribution < -0.4 is 11.2 Å². The van der Waals surface area contributed by atoms with Gasteiger partial charge in [-0.25, -0.2) is 9.99 Å². The zero-order valence-electron chi connectivity index (χ0n) is 13.7. The monoisotopic (exact) mass is 380 g/mol. The molecule has 4 N–H and O–H groups in total. The Morgan fingerprint density at radius 3 is 2.60 bits per heavy atom. The van der Waals surface area contributed by atoms with Crippen LogP contribution in [-0.2, 0) is 0 Å². The van der Waals surface area contributed by atoms with E-state index in [-0.39, 0.29) is 12.6 Å². The highest BCUT2D eigenvalue weighted by Crippen LogP contribution is 2.33. The molecule has 2 aromatic rings. The van der Waals surface area contributed by atoms with Crippen LogP contribution in [0.15, 0.2) is 40.3 Å². The number of anilines is 2. The molecule has 1 saturated heterocycles. The number of halogens is 1. The van der Waals surface area contributed by atoms with Gasteiger partial charge in [-0.1, -0.05) is 23.4 Å². The molecule has 1 aliphatic rings. The van der Waals surface area contributed by atoms with E-state index in [1.165, 1.54) is 0 Å². The molecule has 1 aliphatic heterocycles. The highest BCUT2D eigenvalue weighted by Gasteiger charge is 2.18. The standard InChI is InChI=1S/C16H21ClN6OS/c17-12-1-3-13(4-2-12)25-14-11-19-16(18)20-15(14)21-23-7-5-22(6-8-23)9-10-24/h1-4,11,24H,5-10H2,(H3,18,19,20,21). The SMILES string of the molecule is Nc1ncc(Sc2ccc(Cl)cc2)c(NN2CCN(CCO)CC2)n1. The number of aliphatic hydroxyl groups excluding tert-OH is 1. The van der Waals surface area contributed by atoms with Gasteiger partial charge in [0.1, 0.15) is 0 Å². The smallest absolute Gasteiger partial charge is 0.222 e. The number of nitrogens with zero attached hydrogens (tertiary/aromatic N) is 4. The first kappa shape index (κ1) is 18.2. The molecule has 2 heterocycles. The lowest BCUT2D eigenvalue weighted by Crippen LogP contribution is -2.49. The highest BCUT2D eigenvalue weighted by atomic mass is 35.5. The van der Waals surface area contributed by atoms with Crippen molar-refractivity contribution in [3.63, 3.8) is 0 Å². The Kier molecular flexibility index (Phi) is 6.33. The number of hydrogen-bond donors (Lipinski definition) is 3. The second-order valence-corrected chi connectivity index (χ2v) is 7.21. The van der Waals surface area contributed by atoms with Gasteiger partial charge in [0, 0.05) is 48.8 Å². The van der Waals surface area contributed by atoms with Crippen LogP contribution in [0.2, 0.25) is 5.02 Å². The van der Waals surface area contributed by atoms with E-state index < -0.39 is 0 Å². The Morgan fingerprint density at radius 2 is 1.92 bits per heavy atom. The topological polar surface area (TPSA) is 90.5 Å². The molecule has 0 amide bonds. The Morgan fingerprint density at radius 1 is 1.20 bits per heavy atom. The highest BCUT2D eigenvalue weighted by molar-refractivity contribution is 7.99. The van der Waals surface area contributed by atoms with Crippen LogP contribution in [0, 0.1) is 0 Å². The van der Waals surface area contributed by atoms with E-state index in [1.54, 1.807) is 18.0 Å². The van der Waals surface area contributed by atoms with E-state index in [9.17, 15) is 0 Å². The van der Waals surface area contributed by atoms with Crippen molar-refractivity contribution in [3.8, 4) is 0 Å². The minimum atomic E-state index is 0.192. The van der Waals surface area contributed by atoms with Gasteiger partial charge in [0.2, 0.25) is 5.95 Å². The number of hydrazine groups is 1. The van der Waals surface area contributed by atoms with Gasteiger partial charge in [-0.15, -0.1) is 0 Å². The Labute approximate surface area is 156 Å². The molecule has 0 spiro atoms. The summed E-state index contributed by atoms with van der Waals surface area (Å²) < 4.78 is 0. The lowest BCUT2D eigenvalue weighted by Gasteiger charge is -2.34. The maximum absolute atomic E-state index is 9.03. The largest absolute Gasteiger partial charge is 0.395 e. The molecule has 0 radical (unpaired) electrons.